The van der Waals surface area contributed by atoms with Crippen LogP contribution in [0.5, 0.6) is 0 Å². The van der Waals surface area contributed by atoms with Crippen molar-refractivity contribution in [3.63, 3.8) is 0 Å². The summed E-state index contributed by atoms with van der Waals surface area (Å²) in [7, 11) is 3.89. The Hall–Kier alpha value is -2.21. The minimum Gasteiger partial charge on any atom is -0.377 e. The highest BCUT2D eigenvalue weighted by Gasteiger charge is 2.23. The molecular formula is C19H26FN5. The van der Waals surface area contributed by atoms with E-state index in [0.717, 1.165) is 43.0 Å². The van der Waals surface area contributed by atoms with Crippen molar-refractivity contribution < 1.29 is 4.39 Å². The number of hydrogen-bond donors (Lipinski definition) is 1. The third-order valence-corrected chi connectivity index (χ3v) is 4.73. The van der Waals surface area contributed by atoms with Crippen molar-refractivity contribution in [2.45, 2.75) is 31.8 Å². The van der Waals surface area contributed by atoms with Crippen LogP contribution in [-0.2, 0) is 0 Å². The largest absolute Gasteiger partial charge is 0.377 e. The van der Waals surface area contributed by atoms with Gasteiger partial charge in [-0.2, -0.15) is 5.10 Å². The van der Waals surface area contributed by atoms with Gasteiger partial charge in [0.2, 0.25) is 0 Å². The molecule has 0 spiro atoms. The Morgan fingerprint density at radius 1 is 1.32 bits per heavy atom. The molecule has 25 heavy (non-hydrogen) atoms. The van der Waals surface area contributed by atoms with Gasteiger partial charge >= 0.3 is 0 Å². The number of aromatic nitrogens is 2. The van der Waals surface area contributed by atoms with Crippen molar-refractivity contribution in [1.29, 1.82) is 0 Å². The predicted molar refractivity (Wildman–Crippen MR) is 99.5 cm³/mol. The Labute approximate surface area is 148 Å². The van der Waals surface area contributed by atoms with E-state index < -0.39 is 0 Å². The van der Waals surface area contributed by atoms with Crippen LogP contribution in [0.2, 0.25) is 0 Å². The molecule has 2 atom stereocenters. The van der Waals surface area contributed by atoms with E-state index in [-0.39, 0.29) is 11.9 Å². The van der Waals surface area contributed by atoms with Gasteiger partial charge in [-0.15, -0.1) is 5.10 Å². The fourth-order valence-corrected chi connectivity index (χ4v) is 3.50. The van der Waals surface area contributed by atoms with Crippen molar-refractivity contribution in [3.8, 4) is 0 Å². The molecule has 0 aliphatic carbocycles. The van der Waals surface area contributed by atoms with Gasteiger partial charge < -0.3 is 15.1 Å². The number of halogens is 1. The van der Waals surface area contributed by atoms with E-state index in [9.17, 15) is 4.39 Å². The molecule has 2 aromatic rings. The highest BCUT2D eigenvalue weighted by atomic mass is 19.1. The first-order valence-corrected chi connectivity index (χ1v) is 8.80. The third kappa shape index (κ3) is 4.25. The van der Waals surface area contributed by atoms with Crippen LogP contribution >= 0.6 is 0 Å². The minimum atomic E-state index is -0.203. The summed E-state index contributed by atoms with van der Waals surface area (Å²) in [5.41, 5.74) is 2.03. The maximum atomic E-state index is 13.6. The van der Waals surface area contributed by atoms with Gasteiger partial charge in [0, 0.05) is 51.2 Å². The summed E-state index contributed by atoms with van der Waals surface area (Å²) in [6.45, 7) is 4.05. The SMILES string of the molecule is C[C@H](N[C@@H]1CCCN(c2cccnn2)C1)c1ccc(F)cc1N(C)C. The summed E-state index contributed by atoms with van der Waals surface area (Å²) < 4.78 is 13.6. The lowest BCUT2D eigenvalue weighted by atomic mass is 10.0. The fourth-order valence-electron chi connectivity index (χ4n) is 3.50. The molecule has 0 radical (unpaired) electrons. The molecule has 1 aromatic heterocycles. The van der Waals surface area contributed by atoms with Crippen molar-refractivity contribution in [2.75, 3.05) is 37.0 Å². The molecule has 1 aliphatic rings. The van der Waals surface area contributed by atoms with Crippen LogP contribution in [0, 0.1) is 5.82 Å². The van der Waals surface area contributed by atoms with E-state index in [0.29, 0.717) is 6.04 Å². The lowest BCUT2D eigenvalue weighted by Gasteiger charge is -2.35. The quantitative estimate of drug-likeness (QED) is 0.904. The molecule has 0 unspecified atom stereocenters. The summed E-state index contributed by atoms with van der Waals surface area (Å²) >= 11 is 0. The molecule has 1 aromatic carbocycles. The number of anilines is 2. The molecule has 2 heterocycles. The smallest absolute Gasteiger partial charge is 0.151 e. The molecule has 6 heteroatoms. The zero-order chi connectivity index (χ0) is 17.8. The van der Waals surface area contributed by atoms with E-state index in [4.69, 9.17) is 0 Å². The lowest BCUT2D eigenvalue weighted by Crippen LogP contribution is -2.46. The second kappa shape index (κ2) is 7.78. The van der Waals surface area contributed by atoms with E-state index >= 15 is 0 Å². The van der Waals surface area contributed by atoms with E-state index in [1.54, 1.807) is 12.3 Å². The van der Waals surface area contributed by atoms with Crippen molar-refractivity contribution >= 4 is 11.5 Å². The normalized spacial score (nSPS) is 18.9. The maximum Gasteiger partial charge on any atom is 0.151 e. The molecule has 1 saturated heterocycles. The Morgan fingerprint density at radius 3 is 2.88 bits per heavy atom. The van der Waals surface area contributed by atoms with Gasteiger partial charge in [-0.3, -0.25) is 0 Å². The number of nitrogens with one attached hydrogen (secondary N) is 1. The average Bonchev–Trinajstić information content (AvgIpc) is 2.62. The number of benzene rings is 1. The standard InChI is InChI=1S/C19H26FN5/c1-14(17-9-8-15(20)12-18(17)24(2)3)22-16-6-5-11-25(13-16)19-7-4-10-21-23-19/h4,7-10,12,14,16,22H,5-6,11,13H2,1-3H3/t14-,16+/m0/s1. The second-order valence-corrected chi connectivity index (χ2v) is 6.85. The van der Waals surface area contributed by atoms with Crippen LogP contribution < -0.4 is 15.1 Å². The zero-order valence-electron chi connectivity index (χ0n) is 15.1. The van der Waals surface area contributed by atoms with E-state index in [1.165, 1.54) is 6.07 Å². The van der Waals surface area contributed by atoms with Crippen LogP contribution in [-0.4, -0.2) is 43.4 Å². The monoisotopic (exact) mass is 343 g/mol. The van der Waals surface area contributed by atoms with E-state index in [2.05, 4.69) is 27.3 Å². The Bertz CT molecular complexity index is 691. The molecule has 0 bridgehead atoms. The molecular weight excluding hydrogens is 317 g/mol. The highest BCUT2D eigenvalue weighted by molar-refractivity contribution is 5.54. The van der Waals surface area contributed by atoms with Gasteiger partial charge in [0.15, 0.2) is 5.82 Å². The number of nitrogens with zero attached hydrogens (tertiary/aromatic N) is 4. The molecule has 134 valence electrons. The summed E-state index contributed by atoms with van der Waals surface area (Å²) in [5.74, 6) is 0.726. The average molecular weight is 343 g/mol. The first-order chi connectivity index (χ1) is 12.0. The Kier molecular flexibility index (Phi) is 5.48. The number of hydrogen-bond acceptors (Lipinski definition) is 5. The van der Waals surface area contributed by atoms with Crippen LogP contribution in [0.1, 0.15) is 31.4 Å². The maximum absolute atomic E-state index is 13.6. The van der Waals surface area contributed by atoms with Crippen LogP contribution in [0.15, 0.2) is 36.5 Å². The highest BCUT2D eigenvalue weighted by Crippen LogP contribution is 2.27. The summed E-state index contributed by atoms with van der Waals surface area (Å²) in [6.07, 6.45) is 3.94. The third-order valence-electron chi connectivity index (χ3n) is 4.73. The lowest BCUT2D eigenvalue weighted by molar-refractivity contribution is 0.387. The van der Waals surface area contributed by atoms with E-state index in [1.807, 2.05) is 37.2 Å². The predicted octanol–water partition coefficient (Wildman–Crippen LogP) is 3.00. The fraction of sp³-hybridized carbons (Fsp3) is 0.474. The van der Waals surface area contributed by atoms with Crippen molar-refractivity contribution in [2.24, 2.45) is 0 Å². The first-order valence-electron chi connectivity index (χ1n) is 8.80. The molecule has 3 rings (SSSR count). The van der Waals surface area contributed by atoms with Gasteiger partial charge in [0.05, 0.1) is 0 Å². The summed E-state index contributed by atoms with van der Waals surface area (Å²) in [6, 6.07) is 9.45. The van der Waals surface area contributed by atoms with Crippen molar-refractivity contribution in [3.05, 3.63) is 47.9 Å². The molecule has 0 amide bonds. The second-order valence-electron chi connectivity index (χ2n) is 6.85. The van der Waals surface area contributed by atoms with Gasteiger partial charge in [-0.1, -0.05) is 6.07 Å². The molecule has 5 nitrogen and oxygen atoms in total. The number of rotatable bonds is 5. The first kappa shape index (κ1) is 17.6. The molecule has 0 saturated carbocycles. The molecule has 1 N–H and O–H groups in total. The van der Waals surface area contributed by atoms with Gasteiger partial charge in [0.1, 0.15) is 5.82 Å². The molecule has 1 fully saturated rings. The summed E-state index contributed by atoms with van der Waals surface area (Å²) in [5, 5.41) is 11.9. The summed E-state index contributed by atoms with van der Waals surface area (Å²) in [4.78, 5) is 4.24. The Balaban J connectivity index is 1.70. The van der Waals surface area contributed by atoms with Crippen LogP contribution in [0.4, 0.5) is 15.9 Å². The van der Waals surface area contributed by atoms with Crippen LogP contribution in [0.3, 0.4) is 0 Å². The zero-order valence-corrected chi connectivity index (χ0v) is 15.1. The number of piperidine rings is 1. The van der Waals surface area contributed by atoms with Gasteiger partial charge in [-0.25, -0.2) is 4.39 Å². The molecule has 1 aliphatic heterocycles. The van der Waals surface area contributed by atoms with Crippen LogP contribution in [0.25, 0.3) is 0 Å². The van der Waals surface area contributed by atoms with Crippen molar-refractivity contribution in [1.82, 2.24) is 15.5 Å². The topological polar surface area (TPSA) is 44.3 Å². The Morgan fingerprint density at radius 2 is 2.16 bits per heavy atom. The van der Waals surface area contributed by atoms with Gasteiger partial charge in [-0.05, 0) is 49.6 Å². The minimum absolute atomic E-state index is 0.143. The van der Waals surface area contributed by atoms with Gasteiger partial charge in [0.25, 0.3) is 0 Å².